The molecule has 0 unspecified atom stereocenters. The van der Waals surface area contributed by atoms with Crippen molar-refractivity contribution in [2.75, 3.05) is 0 Å². The van der Waals surface area contributed by atoms with Crippen molar-refractivity contribution in [1.29, 1.82) is 0 Å². The Labute approximate surface area is 85.7 Å². The van der Waals surface area contributed by atoms with Gasteiger partial charge < -0.3 is 10.3 Å². The molecule has 13 heavy (non-hydrogen) atoms. The van der Waals surface area contributed by atoms with Gasteiger partial charge in [-0.25, -0.2) is 0 Å². The van der Waals surface area contributed by atoms with Gasteiger partial charge in [0.25, 0.3) is 5.56 Å². The lowest BCUT2D eigenvalue weighted by molar-refractivity contribution is 0.571. The fourth-order valence-corrected chi connectivity index (χ4v) is 1.65. The summed E-state index contributed by atoms with van der Waals surface area (Å²) in [5, 5.41) is 0. The van der Waals surface area contributed by atoms with Crippen LogP contribution in [0.2, 0.25) is 0 Å². The first-order valence-corrected chi connectivity index (χ1v) is 4.96. The molecule has 0 atom stereocenters. The summed E-state index contributed by atoms with van der Waals surface area (Å²) in [6.45, 7) is 4.22. The molecule has 0 spiro atoms. The predicted molar refractivity (Wildman–Crippen MR) is 56.7 cm³/mol. The molecule has 1 heterocycles. The van der Waals surface area contributed by atoms with Gasteiger partial charge in [0.2, 0.25) is 0 Å². The first kappa shape index (κ1) is 10.5. The molecular weight excluding hydrogens is 232 g/mol. The van der Waals surface area contributed by atoms with Gasteiger partial charge in [0.1, 0.15) is 0 Å². The quantitative estimate of drug-likeness (QED) is 0.861. The Morgan fingerprint density at radius 1 is 1.62 bits per heavy atom. The lowest BCUT2D eigenvalue weighted by Crippen LogP contribution is -2.26. The van der Waals surface area contributed by atoms with Crippen LogP contribution < -0.4 is 11.3 Å². The van der Waals surface area contributed by atoms with Crippen molar-refractivity contribution in [1.82, 2.24) is 4.57 Å². The molecule has 1 aromatic heterocycles. The Kier molecular flexibility index (Phi) is 3.27. The Morgan fingerprint density at radius 2 is 2.23 bits per heavy atom. The average molecular weight is 245 g/mol. The van der Waals surface area contributed by atoms with E-state index in [0.29, 0.717) is 5.56 Å². The highest BCUT2D eigenvalue weighted by atomic mass is 79.9. The van der Waals surface area contributed by atoms with Crippen LogP contribution in [0.25, 0.3) is 0 Å². The van der Waals surface area contributed by atoms with E-state index in [9.17, 15) is 4.79 Å². The molecule has 1 aromatic rings. The molecule has 72 valence electrons. The van der Waals surface area contributed by atoms with Gasteiger partial charge in [-0.2, -0.15) is 0 Å². The smallest absolute Gasteiger partial charge is 0.255 e. The molecule has 4 heteroatoms. The molecule has 0 fully saturated rings. The highest BCUT2D eigenvalue weighted by Gasteiger charge is 2.06. The van der Waals surface area contributed by atoms with Crippen LogP contribution in [-0.2, 0) is 6.54 Å². The van der Waals surface area contributed by atoms with Gasteiger partial charge in [0.05, 0.1) is 0 Å². The molecule has 0 aliphatic rings. The van der Waals surface area contributed by atoms with E-state index >= 15 is 0 Å². The number of halogens is 1. The molecule has 0 amide bonds. The van der Waals surface area contributed by atoms with Crippen molar-refractivity contribution >= 4 is 15.9 Å². The zero-order valence-electron chi connectivity index (χ0n) is 7.75. The molecule has 0 saturated carbocycles. The summed E-state index contributed by atoms with van der Waals surface area (Å²) >= 11 is 3.34. The minimum Gasteiger partial charge on any atom is -0.326 e. The van der Waals surface area contributed by atoms with Crippen LogP contribution in [0.1, 0.15) is 25.5 Å². The van der Waals surface area contributed by atoms with Gasteiger partial charge in [-0.3, -0.25) is 4.79 Å². The Balaban J connectivity index is 3.36. The number of aromatic nitrogens is 1. The van der Waals surface area contributed by atoms with Crippen LogP contribution in [0.15, 0.2) is 21.5 Å². The van der Waals surface area contributed by atoms with Gasteiger partial charge in [-0.1, -0.05) is 0 Å². The van der Waals surface area contributed by atoms with E-state index in [1.165, 1.54) is 0 Å². The molecule has 0 saturated heterocycles. The predicted octanol–water partition coefficient (Wildman–Crippen LogP) is 1.65. The van der Waals surface area contributed by atoms with E-state index in [1.807, 2.05) is 13.8 Å². The maximum absolute atomic E-state index is 11.7. The van der Waals surface area contributed by atoms with Crippen LogP contribution in [0.5, 0.6) is 0 Å². The monoisotopic (exact) mass is 244 g/mol. The second kappa shape index (κ2) is 4.07. The molecule has 0 radical (unpaired) electrons. The molecule has 0 bridgehead atoms. The highest BCUT2D eigenvalue weighted by molar-refractivity contribution is 9.10. The number of hydrogen-bond donors (Lipinski definition) is 1. The van der Waals surface area contributed by atoms with Crippen LogP contribution in [0.3, 0.4) is 0 Å². The molecule has 0 aliphatic heterocycles. The largest absolute Gasteiger partial charge is 0.326 e. The van der Waals surface area contributed by atoms with E-state index in [0.717, 1.165) is 4.47 Å². The third-order valence-electron chi connectivity index (χ3n) is 1.86. The van der Waals surface area contributed by atoms with Crippen LogP contribution in [0, 0.1) is 0 Å². The summed E-state index contributed by atoms with van der Waals surface area (Å²) in [6, 6.07) is 1.93. The van der Waals surface area contributed by atoms with Crippen molar-refractivity contribution in [3.63, 3.8) is 0 Å². The zero-order valence-corrected chi connectivity index (χ0v) is 9.34. The van der Waals surface area contributed by atoms with Crippen molar-refractivity contribution in [2.45, 2.75) is 26.4 Å². The maximum atomic E-state index is 11.7. The summed E-state index contributed by atoms with van der Waals surface area (Å²) < 4.78 is 2.56. The van der Waals surface area contributed by atoms with Gasteiger partial charge in [0.15, 0.2) is 0 Å². The Morgan fingerprint density at radius 3 is 2.69 bits per heavy atom. The fraction of sp³-hybridized carbons (Fsp3) is 0.444. The van der Waals surface area contributed by atoms with Crippen molar-refractivity contribution in [3.8, 4) is 0 Å². The second-order valence-electron chi connectivity index (χ2n) is 3.19. The van der Waals surface area contributed by atoms with Crippen LogP contribution in [-0.4, -0.2) is 4.57 Å². The highest BCUT2D eigenvalue weighted by Crippen LogP contribution is 2.11. The maximum Gasteiger partial charge on any atom is 0.255 e. The van der Waals surface area contributed by atoms with Gasteiger partial charge >= 0.3 is 0 Å². The fourth-order valence-electron chi connectivity index (χ4n) is 1.15. The standard InChI is InChI=1S/C9H13BrN2O/c1-6(2)12-5-8(10)3-7(4-11)9(12)13/h3,5-6H,4,11H2,1-2H3. The van der Waals surface area contributed by atoms with Crippen LogP contribution >= 0.6 is 15.9 Å². The molecule has 0 aliphatic carbocycles. The SMILES string of the molecule is CC(C)n1cc(Br)cc(CN)c1=O. The summed E-state index contributed by atoms with van der Waals surface area (Å²) in [5.41, 5.74) is 6.10. The lowest BCUT2D eigenvalue weighted by atomic mass is 10.2. The van der Waals surface area contributed by atoms with Gasteiger partial charge in [-0.15, -0.1) is 0 Å². The average Bonchev–Trinajstić information content (AvgIpc) is 2.08. The van der Waals surface area contributed by atoms with Crippen molar-refractivity contribution in [3.05, 3.63) is 32.7 Å². The molecule has 2 N–H and O–H groups in total. The molecule has 1 rings (SSSR count). The number of hydrogen-bond acceptors (Lipinski definition) is 2. The molecular formula is C9H13BrN2O. The summed E-state index contributed by atoms with van der Waals surface area (Å²) in [6.07, 6.45) is 1.78. The van der Waals surface area contributed by atoms with Crippen molar-refractivity contribution < 1.29 is 0 Å². The lowest BCUT2D eigenvalue weighted by Gasteiger charge is -2.11. The zero-order chi connectivity index (χ0) is 10.0. The Hall–Kier alpha value is -0.610. The number of pyridine rings is 1. The third kappa shape index (κ3) is 2.19. The Bertz CT molecular complexity index is 357. The number of nitrogens with two attached hydrogens (primary N) is 1. The minimum atomic E-state index is 0.000648. The summed E-state index contributed by atoms with van der Waals surface area (Å²) in [5.74, 6) is 0. The van der Waals surface area contributed by atoms with E-state index in [2.05, 4.69) is 15.9 Å². The van der Waals surface area contributed by atoms with Crippen LogP contribution in [0.4, 0.5) is 0 Å². The minimum absolute atomic E-state index is 0.000648. The topological polar surface area (TPSA) is 48.0 Å². The molecule has 0 aromatic carbocycles. The number of rotatable bonds is 2. The molecule has 3 nitrogen and oxygen atoms in total. The van der Waals surface area contributed by atoms with Gasteiger partial charge in [0, 0.05) is 28.8 Å². The first-order valence-electron chi connectivity index (χ1n) is 4.17. The normalized spacial score (nSPS) is 10.8. The van der Waals surface area contributed by atoms with E-state index < -0.39 is 0 Å². The van der Waals surface area contributed by atoms with E-state index in [1.54, 1.807) is 16.8 Å². The van der Waals surface area contributed by atoms with Crippen molar-refractivity contribution in [2.24, 2.45) is 5.73 Å². The summed E-state index contributed by atoms with van der Waals surface area (Å²) in [4.78, 5) is 11.7. The van der Waals surface area contributed by atoms with Gasteiger partial charge in [-0.05, 0) is 35.8 Å². The van der Waals surface area contributed by atoms with E-state index in [4.69, 9.17) is 5.73 Å². The first-order chi connectivity index (χ1) is 6.06. The summed E-state index contributed by atoms with van der Waals surface area (Å²) in [7, 11) is 0. The van der Waals surface area contributed by atoms with E-state index in [-0.39, 0.29) is 18.1 Å². The second-order valence-corrected chi connectivity index (χ2v) is 4.11. The third-order valence-corrected chi connectivity index (χ3v) is 2.29. The number of nitrogens with zero attached hydrogens (tertiary/aromatic N) is 1.